The predicted molar refractivity (Wildman–Crippen MR) is 165 cm³/mol. The molecule has 1 heterocycles. The molecule has 6 aromatic carbocycles. The molecule has 0 aliphatic carbocycles. The minimum atomic E-state index is -0.766. The lowest BCUT2D eigenvalue weighted by Crippen LogP contribution is -2.34. The van der Waals surface area contributed by atoms with E-state index in [-0.39, 0.29) is 0 Å². The molecule has 0 bridgehead atoms. The summed E-state index contributed by atoms with van der Waals surface area (Å²) in [7, 11) is 1.70. The highest BCUT2D eigenvalue weighted by Crippen LogP contribution is 2.45. The van der Waals surface area contributed by atoms with Crippen LogP contribution in [0.1, 0.15) is 16.7 Å². The Morgan fingerprint density at radius 3 is 1.65 bits per heavy atom. The van der Waals surface area contributed by atoms with E-state index in [0.717, 1.165) is 39.0 Å². The second-order valence-electron chi connectivity index (χ2n) is 10.1. The van der Waals surface area contributed by atoms with Gasteiger partial charge >= 0.3 is 0 Å². The minimum absolute atomic E-state index is 0.766. The van der Waals surface area contributed by atoms with Crippen LogP contribution >= 0.6 is 0 Å². The highest BCUT2D eigenvalue weighted by molar-refractivity contribution is 5.95. The van der Waals surface area contributed by atoms with Crippen LogP contribution in [-0.4, -0.2) is 7.11 Å². The van der Waals surface area contributed by atoms with Gasteiger partial charge in [0, 0.05) is 16.7 Å². The standard InChI is InChI=1S/C38H28O2/c1-39-34-21-22-35-31(26-34)16-23-37-36(35)24-25-38(40-37,32-17-12-29(13-18-32)27-8-4-2-5-9-27)33-19-14-30(15-20-33)28-10-6-3-7-11-28/h2-26H,1H3. The number of hydrogen-bond donors (Lipinski definition) is 0. The topological polar surface area (TPSA) is 18.5 Å². The smallest absolute Gasteiger partial charge is 0.178 e. The van der Waals surface area contributed by atoms with Crippen molar-refractivity contribution in [2.45, 2.75) is 5.60 Å². The van der Waals surface area contributed by atoms with Crippen molar-refractivity contribution in [1.29, 1.82) is 0 Å². The second kappa shape index (κ2) is 9.91. The summed E-state index contributed by atoms with van der Waals surface area (Å²) in [6.07, 6.45) is 4.41. The summed E-state index contributed by atoms with van der Waals surface area (Å²) in [6.45, 7) is 0. The molecule has 0 N–H and O–H groups in total. The van der Waals surface area contributed by atoms with E-state index in [4.69, 9.17) is 9.47 Å². The minimum Gasteiger partial charge on any atom is -0.497 e. The van der Waals surface area contributed by atoms with Gasteiger partial charge in [-0.05, 0) is 69.4 Å². The largest absolute Gasteiger partial charge is 0.497 e. The molecule has 40 heavy (non-hydrogen) atoms. The molecule has 6 aromatic rings. The van der Waals surface area contributed by atoms with E-state index in [1.54, 1.807) is 7.11 Å². The summed E-state index contributed by atoms with van der Waals surface area (Å²) in [6, 6.07) is 48.8. The molecule has 0 aromatic heterocycles. The van der Waals surface area contributed by atoms with Gasteiger partial charge in [0.15, 0.2) is 5.60 Å². The third-order valence-electron chi connectivity index (χ3n) is 7.83. The molecule has 0 atom stereocenters. The molecule has 1 aliphatic heterocycles. The average molecular weight is 517 g/mol. The fourth-order valence-electron chi connectivity index (χ4n) is 5.67. The molecule has 0 unspecified atom stereocenters. The normalized spacial score (nSPS) is 13.4. The van der Waals surface area contributed by atoms with Crippen LogP contribution < -0.4 is 9.47 Å². The first-order valence-electron chi connectivity index (χ1n) is 13.5. The van der Waals surface area contributed by atoms with Crippen molar-refractivity contribution >= 4 is 16.8 Å². The van der Waals surface area contributed by atoms with Crippen molar-refractivity contribution in [3.8, 4) is 33.8 Å². The van der Waals surface area contributed by atoms with Crippen molar-refractivity contribution < 1.29 is 9.47 Å². The van der Waals surface area contributed by atoms with Gasteiger partial charge in [0.2, 0.25) is 0 Å². The first-order chi connectivity index (χ1) is 19.7. The van der Waals surface area contributed by atoms with Crippen molar-refractivity contribution in [3.63, 3.8) is 0 Å². The van der Waals surface area contributed by atoms with Gasteiger partial charge in [0.05, 0.1) is 7.11 Å². The molecule has 1 aliphatic rings. The molecule has 2 heteroatoms. The lowest BCUT2D eigenvalue weighted by molar-refractivity contribution is 0.161. The fraction of sp³-hybridized carbons (Fsp3) is 0.0526. The molecular formula is C38H28O2. The van der Waals surface area contributed by atoms with Crippen LogP contribution in [0, 0.1) is 0 Å². The summed E-state index contributed by atoms with van der Waals surface area (Å²) < 4.78 is 12.5. The van der Waals surface area contributed by atoms with E-state index >= 15 is 0 Å². The molecule has 2 nitrogen and oxygen atoms in total. The number of fused-ring (bicyclic) bond motifs is 3. The van der Waals surface area contributed by atoms with Crippen LogP contribution in [0.3, 0.4) is 0 Å². The number of benzene rings is 6. The Morgan fingerprint density at radius 1 is 0.550 bits per heavy atom. The van der Waals surface area contributed by atoms with Gasteiger partial charge in [-0.15, -0.1) is 0 Å². The summed E-state index contributed by atoms with van der Waals surface area (Å²) in [5.41, 5.74) is 7.23. The molecule has 0 radical (unpaired) electrons. The monoisotopic (exact) mass is 516 g/mol. The quantitative estimate of drug-likeness (QED) is 0.227. The van der Waals surface area contributed by atoms with Gasteiger partial charge < -0.3 is 9.47 Å². The van der Waals surface area contributed by atoms with E-state index in [0.29, 0.717) is 0 Å². The van der Waals surface area contributed by atoms with Crippen LogP contribution in [0.2, 0.25) is 0 Å². The summed E-state index contributed by atoms with van der Waals surface area (Å²) >= 11 is 0. The third-order valence-corrected chi connectivity index (χ3v) is 7.83. The Labute approximate surface area is 234 Å². The summed E-state index contributed by atoms with van der Waals surface area (Å²) in [4.78, 5) is 0. The Balaban J connectivity index is 1.35. The number of ether oxygens (including phenoxy) is 2. The zero-order valence-corrected chi connectivity index (χ0v) is 22.3. The second-order valence-corrected chi connectivity index (χ2v) is 10.1. The maximum atomic E-state index is 7.03. The average Bonchev–Trinajstić information content (AvgIpc) is 3.05. The molecule has 0 spiro atoms. The van der Waals surface area contributed by atoms with Crippen LogP contribution in [0.15, 0.2) is 146 Å². The lowest BCUT2D eigenvalue weighted by Gasteiger charge is -2.36. The molecule has 0 saturated carbocycles. The van der Waals surface area contributed by atoms with E-state index in [2.05, 4.69) is 133 Å². The van der Waals surface area contributed by atoms with Gasteiger partial charge in [-0.2, -0.15) is 0 Å². The van der Waals surface area contributed by atoms with E-state index in [1.807, 2.05) is 18.2 Å². The highest BCUT2D eigenvalue weighted by atomic mass is 16.5. The molecule has 0 saturated heterocycles. The van der Waals surface area contributed by atoms with Crippen LogP contribution in [0.4, 0.5) is 0 Å². The van der Waals surface area contributed by atoms with Gasteiger partial charge in [0.1, 0.15) is 11.5 Å². The number of rotatable bonds is 5. The van der Waals surface area contributed by atoms with Crippen LogP contribution in [0.25, 0.3) is 39.1 Å². The maximum absolute atomic E-state index is 7.03. The molecule has 0 fully saturated rings. The molecule has 0 amide bonds. The van der Waals surface area contributed by atoms with E-state index < -0.39 is 5.60 Å². The van der Waals surface area contributed by atoms with Gasteiger partial charge in [-0.1, -0.05) is 115 Å². The van der Waals surface area contributed by atoms with E-state index in [9.17, 15) is 0 Å². The Morgan fingerprint density at radius 2 is 1.10 bits per heavy atom. The first kappa shape index (κ1) is 24.0. The predicted octanol–water partition coefficient (Wildman–Crippen LogP) is 9.53. The molecule has 7 rings (SSSR count). The first-order valence-corrected chi connectivity index (χ1v) is 13.5. The van der Waals surface area contributed by atoms with Crippen molar-refractivity contribution in [2.75, 3.05) is 7.11 Å². The highest BCUT2D eigenvalue weighted by Gasteiger charge is 2.37. The van der Waals surface area contributed by atoms with Crippen molar-refractivity contribution in [3.05, 3.63) is 162 Å². The third kappa shape index (κ3) is 4.15. The maximum Gasteiger partial charge on any atom is 0.178 e. The van der Waals surface area contributed by atoms with Gasteiger partial charge in [-0.25, -0.2) is 0 Å². The zero-order chi connectivity index (χ0) is 26.9. The summed E-state index contributed by atoms with van der Waals surface area (Å²) in [5.74, 6) is 1.71. The summed E-state index contributed by atoms with van der Waals surface area (Å²) in [5, 5.41) is 2.26. The van der Waals surface area contributed by atoms with Crippen LogP contribution in [0.5, 0.6) is 11.5 Å². The number of methoxy groups -OCH3 is 1. The lowest BCUT2D eigenvalue weighted by atomic mass is 9.82. The van der Waals surface area contributed by atoms with Gasteiger partial charge in [-0.3, -0.25) is 0 Å². The Hall–Kier alpha value is -5.08. The zero-order valence-electron chi connectivity index (χ0n) is 22.3. The SMILES string of the molecule is COc1ccc2c3c(ccc2c1)OC(c1ccc(-c2ccccc2)cc1)(c1ccc(-c2ccccc2)cc1)C=C3. The Bertz CT molecular complexity index is 1730. The molecule has 192 valence electrons. The van der Waals surface area contributed by atoms with Crippen molar-refractivity contribution in [2.24, 2.45) is 0 Å². The Kier molecular flexibility index (Phi) is 5.94. The van der Waals surface area contributed by atoms with Gasteiger partial charge in [0.25, 0.3) is 0 Å². The fourth-order valence-corrected chi connectivity index (χ4v) is 5.67. The molecular weight excluding hydrogens is 488 g/mol. The number of hydrogen-bond acceptors (Lipinski definition) is 2. The van der Waals surface area contributed by atoms with Crippen molar-refractivity contribution in [1.82, 2.24) is 0 Å². The van der Waals surface area contributed by atoms with E-state index in [1.165, 1.54) is 22.3 Å². The van der Waals surface area contributed by atoms with Crippen LogP contribution in [-0.2, 0) is 5.60 Å².